The molecule has 0 atom stereocenters. The van der Waals surface area contributed by atoms with Crippen molar-refractivity contribution in [1.82, 2.24) is 10.1 Å². The molecular formula is C15H12FN3O. The van der Waals surface area contributed by atoms with Crippen LogP contribution in [0.4, 0.5) is 10.2 Å². The summed E-state index contributed by atoms with van der Waals surface area (Å²) in [6, 6.07) is 9.08. The largest absolute Gasteiger partial charge is 0.380 e. The molecule has 2 aromatic heterocycles. The number of aromatic nitrogens is 2. The van der Waals surface area contributed by atoms with Crippen molar-refractivity contribution in [3.05, 3.63) is 54.1 Å². The standard InChI is InChI=1S/C15H12FN3O/c1-9-4-2-3-5-12(9)13-14(20-19-15(13)17)10-6-11(16)8-18-7-10/h2-8H,1H3,(H2,17,19). The van der Waals surface area contributed by atoms with Crippen LogP contribution in [0.1, 0.15) is 5.56 Å². The number of aryl methyl sites for hydroxylation is 1. The molecule has 0 aliphatic heterocycles. The molecule has 2 N–H and O–H groups in total. The Morgan fingerprint density at radius 3 is 2.75 bits per heavy atom. The highest BCUT2D eigenvalue weighted by atomic mass is 19.1. The molecule has 20 heavy (non-hydrogen) atoms. The van der Waals surface area contributed by atoms with Gasteiger partial charge in [-0.05, 0) is 24.1 Å². The summed E-state index contributed by atoms with van der Waals surface area (Å²) in [6.45, 7) is 1.97. The minimum Gasteiger partial charge on any atom is -0.380 e. The monoisotopic (exact) mass is 269 g/mol. The minimum atomic E-state index is -0.437. The first kappa shape index (κ1) is 12.3. The second kappa shape index (κ2) is 4.77. The molecule has 0 spiro atoms. The maximum atomic E-state index is 13.3. The van der Waals surface area contributed by atoms with Crippen LogP contribution in [0, 0.1) is 12.7 Å². The van der Waals surface area contributed by atoms with Crippen molar-refractivity contribution in [2.24, 2.45) is 0 Å². The molecule has 0 unspecified atom stereocenters. The summed E-state index contributed by atoms with van der Waals surface area (Å²) < 4.78 is 18.6. The van der Waals surface area contributed by atoms with Crippen molar-refractivity contribution in [1.29, 1.82) is 0 Å². The Labute approximate surface area is 115 Å². The highest BCUT2D eigenvalue weighted by Gasteiger charge is 2.19. The van der Waals surface area contributed by atoms with Gasteiger partial charge in [-0.25, -0.2) is 4.39 Å². The molecule has 0 saturated heterocycles. The second-order valence-electron chi connectivity index (χ2n) is 4.48. The van der Waals surface area contributed by atoms with Gasteiger partial charge in [0.1, 0.15) is 5.82 Å². The SMILES string of the molecule is Cc1ccccc1-c1c(N)noc1-c1cncc(F)c1. The van der Waals surface area contributed by atoms with Crippen LogP contribution in [0.5, 0.6) is 0 Å². The van der Waals surface area contributed by atoms with Crippen molar-refractivity contribution >= 4 is 5.82 Å². The Kier molecular flexibility index (Phi) is 2.95. The molecule has 2 heterocycles. The highest BCUT2D eigenvalue weighted by Crippen LogP contribution is 2.37. The molecule has 4 nitrogen and oxygen atoms in total. The van der Waals surface area contributed by atoms with Gasteiger partial charge >= 0.3 is 0 Å². The van der Waals surface area contributed by atoms with E-state index < -0.39 is 5.82 Å². The van der Waals surface area contributed by atoms with Gasteiger partial charge < -0.3 is 10.3 Å². The molecule has 1 aromatic carbocycles. The van der Waals surface area contributed by atoms with Crippen LogP contribution in [0.3, 0.4) is 0 Å². The van der Waals surface area contributed by atoms with Crippen LogP contribution >= 0.6 is 0 Å². The number of nitrogens with zero attached hydrogens (tertiary/aromatic N) is 2. The molecule has 0 aliphatic carbocycles. The van der Waals surface area contributed by atoms with E-state index in [1.165, 1.54) is 12.3 Å². The van der Waals surface area contributed by atoms with Crippen LogP contribution in [0.25, 0.3) is 22.5 Å². The Bertz CT molecular complexity index is 767. The van der Waals surface area contributed by atoms with E-state index in [4.69, 9.17) is 10.3 Å². The van der Waals surface area contributed by atoms with Crippen molar-refractivity contribution in [2.75, 3.05) is 5.73 Å². The number of rotatable bonds is 2. The van der Waals surface area contributed by atoms with Gasteiger partial charge in [0.15, 0.2) is 11.6 Å². The third-order valence-electron chi connectivity index (χ3n) is 3.10. The van der Waals surface area contributed by atoms with E-state index in [0.717, 1.165) is 17.3 Å². The lowest BCUT2D eigenvalue weighted by Gasteiger charge is -2.06. The lowest BCUT2D eigenvalue weighted by molar-refractivity contribution is 0.435. The van der Waals surface area contributed by atoms with Gasteiger partial charge in [-0.2, -0.15) is 0 Å². The van der Waals surface area contributed by atoms with Gasteiger partial charge in [0.2, 0.25) is 0 Å². The molecule has 0 bridgehead atoms. The highest BCUT2D eigenvalue weighted by molar-refractivity contribution is 5.87. The predicted molar refractivity (Wildman–Crippen MR) is 74.3 cm³/mol. The number of pyridine rings is 1. The zero-order valence-corrected chi connectivity index (χ0v) is 10.8. The molecule has 5 heteroatoms. The Hall–Kier alpha value is -2.69. The first-order chi connectivity index (χ1) is 9.66. The maximum absolute atomic E-state index is 13.3. The quantitative estimate of drug-likeness (QED) is 0.774. The number of hydrogen-bond acceptors (Lipinski definition) is 4. The fourth-order valence-electron chi connectivity index (χ4n) is 2.15. The van der Waals surface area contributed by atoms with Crippen LogP contribution in [-0.2, 0) is 0 Å². The van der Waals surface area contributed by atoms with Crippen LogP contribution in [0.2, 0.25) is 0 Å². The average Bonchev–Trinajstić information content (AvgIpc) is 2.81. The number of nitrogens with two attached hydrogens (primary N) is 1. The van der Waals surface area contributed by atoms with Crippen LogP contribution in [-0.4, -0.2) is 10.1 Å². The van der Waals surface area contributed by atoms with E-state index in [1.807, 2.05) is 31.2 Å². The van der Waals surface area contributed by atoms with E-state index in [9.17, 15) is 4.39 Å². The Morgan fingerprint density at radius 1 is 1.20 bits per heavy atom. The third-order valence-corrected chi connectivity index (χ3v) is 3.10. The molecule has 0 aliphatic rings. The fourth-order valence-corrected chi connectivity index (χ4v) is 2.15. The lowest BCUT2D eigenvalue weighted by atomic mass is 9.98. The minimum absolute atomic E-state index is 0.276. The molecule has 0 amide bonds. The summed E-state index contributed by atoms with van der Waals surface area (Å²) in [4.78, 5) is 3.82. The number of nitrogen functional groups attached to an aromatic ring is 1. The van der Waals surface area contributed by atoms with E-state index in [2.05, 4.69) is 10.1 Å². The van der Waals surface area contributed by atoms with Crippen molar-refractivity contribution in [3.63, 3.8) is 0 Å². The zero-order valence-electron chi connectivity index (χ0n) is 10.8. The Balaban J connectivity index is 2.23. The first-order valence-corrected chi connectivity index (χ1v) is 6.09. The normalized spacial score (nSPS) is 10.7. The lowest BCUT2D eigenvalue weighted by Crippen LogP contribution is -1.91. The van der Waals surface area contributed by atoms with Gasteiger partial charge in [0.05, 0.1) is 11.8 Å². The summed E-state index contributed by atoms with van der Waals surface area (Å²) in [7, 11) is 0. The van der Waals surface area contributed by atoms with E-state index in [0.29, 0.717) is 16.9 Å². The van der Waals surface area contributed by atoms with Crippen molar-refractivity contribution < 1.29 is 8.91 Å². The summed E-state index contributed by atoms with van der Waals surface area (Å²) in [5, 5.41) is 3.79. The van der Waals surface area contributed by atoms with Gasteiger partial charge in [0, 0.05) is 11.8 Å². The average molecular weight is 269 g/mol. The molecule has 0 saturated carbocycles. The number of benzene rings is 1. The number of halogens is 1. The number of hydrogen-bond donors (Lipinski definition) is 1. The van der Waals surface area contributed by atoms with E-state index >= 15 is 0 Å². The van der Waals surface area contributed by atoms with Gasteiger partial charge in [-0.15, -0.1) is 0 Å². The van der Waals surface area contributed by atoms with E-state index in [1.54, 1.807) is 0 Å². The molecule has 0 radical (unpaired) electrons. The van der Waals surface area contributed by atoms with Gasteiger partial charge in [0.25, 0.3) is 0 Å². The van der Waals surface area contributed by atoms with Gasteiger partial charge in [-0.3, -0.25) is 4.98 Å². The second-order valence-corrected chi connectivity index (χ2v) is 4.48. The third kappa shape index (κ3) is 2.03. The topological polar surface area (TPSA) is 64.9 Å². The zero-order chi connectivity index (χ0) is 14.1. The molecule has 3 aromatic rings. The molecular weight excluding hydrogens is 257 g/mol. The van der Waals surface area contributed by atoms with Gasteiger partial charge in [-0.1, -0.05) is 29.4 Å². The predicted octanol–water partition coefficient (Wildman–Crippen LogP) is 3.43. The summed E-state index contributed by atoms with van der Waals surface area (Å²) in [5.41, 5.74) is 9.01. The molecule has 100 valence electrons. The molecule has 0 fully saturated rings. The number of anilines is 1. The first-order valence-electron chi connectivity index (χ1n) is 6.09. The Morgan fingerprint density at radius 2 is 2.00 bits per heavy atom. The summed E-state index contributed by atoms with van der Waals surface area (Å²) in [6.07, 6.45) is 2.65. The van der Waals surface area contributed by atoms with Crippen molar-refractivity contribution in [2.45, 2.75) is 6.92 Å². The fraction of sp³-hybridized carbons (Fsp3) is 0.0667. The van der Waals surface area contributed by atoms with Crippen LogP contribution in [0.15, 0.2) is 47.2 Å². The summed E-state index contributed by atoms with van der Waals surface area (Å²) in [5.74, 6) is 0.260. The smallest absolute Gasteiger partial charge is 0.178 e. The van der Waals surface area contributed by atoms with Crippen LogP contribution < -0.4 is 5.73 Å². The van der Waals surface area contributed by atoms with E-state index in [-0.39, 0.29) is 5.82 Å². The maximum Gasteiger partial charge on any atom is 0.178 e. The summed E-state index contributed by atoms with van der Waals surface area (Å²) >= 11 is 0. The van der Waals surface area contributed by atoms with Crippen molar-refractivity contribution in [3.8, 4) is 22.5 Å². The molecule has 3 rings (SSSR count).